The molecule has 2 heterocycles. The molecule has 1 aromatic carbocycles. The molecular formula is C16H15N3O5. The average molecular weight is 329 g/mol. The lowest BCUT2D eigenvalue weighted by molar-refractivity contribution is 0.0926. The Morgan fingerprint density at radius 1 is 1.33 bits per heavy atom. The Labute approximate surface area is 136 Å². The monoisotopic (exact) mass is 329 g/mol. The molecule has 1 N–H and O–H groups in total. The van der Waals surface area contributed by atoms with Crippen molar-refractivity contribution in [3.05, 3.63) is 58.0 Å². The van der Waals surface area contributed by atoms with Crippen molar-refractivity contribution in [1.29, 1.82) is 0 Å². The second-order valence-electron chi connectivity index (χ2n) is 5.01. The summed E-state index contributed by atoms with van der Waals surface area (Å²) < 4.78 is 15.4. The summed E-state index contributed by atoms with van der Waals surface area (Å²) in [4.78, 5) is 28.2. The van der Waals surface area contributed by atoms with Gasteiger partial charge in [0.1, 0.15) is 12.2 Å². The van der Waals surface area contributed by atoms with Crippen molar-refractivity contribution >= 4 is 16.9 Å². The van der Waals surface area contributed by atoms with Crippen LogP contribution in [0.25, 0.3) is 11.0 Å². The molecule has 0 aliphatic heterocycles. The number of ether oxygens (including phenoxy) is 1. The van der Waals surface area contributed by atoms with Crippen molar-refractivity contribution in [3.63, 3.8) is 0 Å². The molecule has 0 atom stereocenters. The lowest BCUT2D eigenvalue weighted by atomic mass is 10.2. The van der Waals surface area contributed by atoms with Crippen LogP contribution in [0.5, 0.6) is 0 Å². The molecule has 0 radical (unpaired) electrons. The zero-order valence-corrected chi connectivity index (χ0v) is 12.9. The number of para-hydroxylation sites is 1. The minimum absolute atomic E-state index is 0.0377. The van der Waals surface area contributed by atoms with Gasteiger partial charge in [-0.3, -0.25) is 9.59 Å². The van der Waals surface area contributed by atoms with E-state index in [1.807, 2.05) is 0 Å². The highest BCUT2D eigenvalue weighted by Crippen LogP contribution is 2.11. The van der Waals surface area contributed by atoms with Gasteiger partial charge in [0.2, 0.25) is 5.89 Å². The number of methoxy groups -OCH3 is 1. The van der Waals surface area contributed by atoms with Crippen LogP contribution in [0.15, 0.2) is 44.1 Å². The van der Waals surface area contributed by atoms with Crippen LogP contribution < -0.4 is 10.7 Å². The van der Waals surface area contributed by atoms with Crippen molar-refractivity contribution in [2.75, 3.05) is 13.7 Å². The molecule has 0 saturated carbocycles. The fourth-order valence-electron chi connectivity index (χ4n) is 2.17. The maximum Gasteiger partial charge on any atom is 0.287 e. The number of hydrogen-bond acceptors (Lipinski definition) is 7. The predicted molar refractivity (Wildman–Crippen MR) is 83.5 cm³/mol. The molecule has 2 aromatic heterocycles. The number of aromatic nitrogens is 2. The summed E-state index contributed by atoms with van der Waals surface area (Å²) in [7, 11) is 1.54. The number of carbonyl (C=O) groups is 1. The van der Waals surface area contributed by atoms with Gasteiger partial charge in [-0.15, -0.1) is 0 Å². The fraction of sp³-hybridized carbons (Fsp3) is 0.250. The number of benzene rings is 1. The number of fused-ring (bicyclic) bond motifs is 1. The molecule has 124 valence electrons. The minimum Gasteiger partial charge on any atom is -0.451 e. The molecule has 8 heteroatoms. The van der Waals surface area contributed by atoms with Crippen LogP contribution in [-0.2, 0) is 17.8 Å². The van der Waals surface area contributed by atoms with Crippen LogP contribution in [0.1, 0.15) is 22.3 Å². The SMILES string of the molecule is COCc1noc(CCNC(=O)c2cc(=O)c3ccccc3o2)n1. The van der Waals surface area contributed by atoms with Gasteiger partial charge in [0.25, 0.3) is 5.91 Å². The van der Waals surface area contributed by atoms with Crippen LogP contribution in [0, 0.1) is 0 Å². The fourth-order valence-corrected chi connectivity index (χ4v) is 2.17. The predicted octanol–water partition coefficient (Wildman–Crippen LogP) is 1.29. The standard InChI is InChI=1S/C16H15N3O5/c1-22-9-14-18-15(24-19-14)6-7-17-16(21)13-8-11(20)10-4-2-3-5-12(10)23-13/h2-5,8H,6-7,9H2,1H3,(H,17,21). The second kappa shape index (κ2) is 7.05. The zero-order chi connectivity index (χ0) is 16.9. The van der Waals surface area contributed by atoms with E-state index in [1.165, 1.54) is 13.2 Å². The lowest BCUT2D eigenvalue weighted by Gasteiger charge is -2.04. The molecule has 0 spiro atoms. The van der Waals surface area contributed by atoms with Crippen molar-refractivity contribution < 1.29 is 18.5 Å². The Hall–Kier alpha value is -3.00. The van der Waals surface area contributed by atoms with Crippen LogP contribution in [0.3, 0.4) is 0 Å². The van der Waals surface area contributed by atoms with Crippen LogP contribution in [0.2, 0.25) is 0 Å². The summed E-state index contributed by atoms with van der Waals surface area (Å²) in [6, 6.07) is 7.95. The molecule has 0 unspecified atom stereocenters. The first-order valence-corrected chi connectivity index (χ1v) is 7.29. The van der Waals surface area contributed by atoms with Crippen molar-refractivity contribution in [2.45, 2.75) is 13.0 Å². The molecule has 3 rings (SSSR count). The largest absolute Gasteiger partial charge is 0.451 e. The van der Waals surface area contributed by atoms with E-state index >= 15 is 0 Å². The summed E-state index contributed by atoms with van der Waals surface area (Å²) >= 11 is 0. The first kappa shape index (κ1) is 15.9. The van der Waals surface area contributed by atoms with E-state index < -0.39 is 5.91 Å². The molecular weight excluding hydrogens is 314 g/mol. The summed E-state index contributed by atoms with van der Waals surface area (Å²) in [6.07, 6.45) is 0.361. The lowest BCUT2D eigenvalue weighted by Crippen LogP contribution is -2.26. The van der Waals surface area contributed by atoms with E-state index in [2.05, 4.69) is 15.5 Å². The number of carbonyl (C=O) groups excluding carboxylic acids is 1. The Morgan fingerprint density at radius 2 is 2.17 bits per heavy atom. The summed E-state index contributed by atoms with van der Waals surface area (Å²) in [5.74, 6) is 0.320. The second-order valence-corrected chi connectivity index (χ2v) is 5.01. The summed E-state index contributed by atoms with van der Waals surface area (Å²) in [5.41, 5.74) is 0.111. The van der Waals surface area contributed by atoms with Gasteiger partial charge in [-0.2, -0.15) is 4.98 Å². The number of amides is 1. The molecule has 0 bridgehead atoms. The van der Waals surface area contributed by atoms with Crippen LogP contribution in [-0.4, -0.2) is 29.7 Å². The van der Waals surface area contributed by atoms with E-state index in [0.29, 0.717) is 29.1 Å². The van der Waals surface area contributed by atoms with Gasteiger partial charge < -0.3 is 19.0 Å². The van der Waals surface area contributed by atoms with E-state index in [0.717, 1.165) is 0 Å². The summed E-state index contributed by atoms with van der Waals surface area (Å²) in [5, 5.41) is 6.81. The number of nitrogens with one attached hydrogen (secondary N) is 1. The minimum atomic E-state index is -0.477. The van der Waals surface area contributed by atoms with Crippen LogP contribution >= 0.6 is 0 Å². The topological polar surface area (TPSA) is 107 Å². The third kappa shape index (κ3) is 3.49. The third-order valence-corrected chi connectivity index (χ3v) is 3.27. The highest BCUT2D eigenvalue weighted by molar-refractivity contribution is 5.93. The normalized spacial score (nSPS) is 10.9. The van der Waals surface area contributed by atoms with Gasteiger partial charge in [-0.25, -0.2) is 0 Å². The van der Waals surface area contributed by atoms with Crippen molar-refractivity contribution in [1.82, 2.24) is 15.5 Å². The Kier molecular flexibility index (Phi) is 4.66. The van der Waals surface area contributed by atoms with Gasteiger partial charge in [-0.05, 0) is 12.1 Å². The summed E-state index contributed by atoms with van der Waals surface area (Å²) in [6.45, 7) is 0.530. The van der Waals surface area contributed by atoms with Crippen molar-refractivity contribution in [3.8, 4) is 0 Å². The number of hydrogen-bond donors (Lipinski definition) is 1. The molecule has 1 amide bonds. The van der Waals surface area contributed by atoms with Gasteiger partial charge in [0.15, 0.2) is 17.0 Å². The molecule has 0 saturated heterocycles. The zero-order valence-electron chi connectivity index (χ0n) is 12.9. The van der Waals surface area contributed by atoms with Gasteiger partial charge in [0.05, 0.1) is 5.39 Å². The van der Waals surface area contributed by atoms with E-state index in [1.54, 1.807) is 24.3 Å². The molecule has 3 aromatic rings. The third-order valence-electron chi connectivity index (χ3n) is 3.27. The highest BCUT2D eigenvalue weighted by Gasteiger charge is 2.12. The Balaban J connectivity index is 1.63. The highest BCUT2D eigenvalue weighted by atomic mass is 16.5. The van der Waals surface area contributed by atoms with Crippen LogP contribution in [0.4, 0.5) is 0 Å². The Morgan fingerprint density at radius 3 is 3.00 bits per heavy atom. The quantitative estimate of drug-likeness (QED) is 0.726. The first-order chi connectivity index (χ1) is 11.7. The molecule has 0 aliphatic carbocycles. The smallest absolute Gasteiger partial charge is 0.287 e. The van der Waals surface area contributed by atoms with Gasteiger partial charge in [0, 0.05) is 26.1 Å². The molecule has 8 nitrogen and oxygen atoms in total. The van der Waals surface area contributed by atoms with E-state index in [9.17, 15) is 9.59 Å². The number of nitrogens with zero attached hydrogens (tertiary/aromatic N) is 2. The van der Waals surface area contributed by atoms with Crippen molar-refractivity contribution in [2.24, 2.45) is 0 Å². The van der Waals surface area contributed by atoms with Gasteiger partial charge >= 0.3 is 0 Å². The molecule has 24 heavy (non-hydrogen) atoms. The van der Waals surface area contributed by atoms with Gasteiger partial charge in [-0.1, -0.05) is 17.3 Å². The Bertz CT molecular complexity index is 915. The number of rotatable bonds is 6. The molecule has 0 aliphatic rings. The first-order valence-electron chi connectivity index (χ1n) is 7.29. The molecule has 0 fully saturated rings. The van der Waals surface area contributed by atoms with E-state index in [4.69, 9.17) is 13.7 Å². The average Bonchev–Trinajstić information content (AvgIpc) is 3.02. The maximum absolute atomic E-state index is 12.1. The maximum atomic E-state index is 12.1. The van der Waals surface area contributed by atoms with E-state index in [-0.39, 0.29) is 24.3 Å².